The summed E-state index contributed by atoms with van der Waals surface area (Å²) >= 11 is 0. The molecule has 0 aliphatic carbocycles. The van der Waals surface area contributed by atoms with Crippen LogP contribution in [0.5, 0.6) is 0 Å². The summed E-state index contributed by atoms with van der Waals surface area (Å²) in [5, 5.41) is 0.566. The van der Waals surface area contributed by atoms with Crippen molar-refractivity contribution in [2.75, 3.05) is 13.6 Å². The number of fused-ring (bicyclic) bond motifs is 1. The Labute approximate surface area is 123 Å². The van der Waals surface area contributed by atoms with Crippen LogP contribution in [0.2, 0.25) is 0 Å². The smallest absolute Gasteiger partial charge is 0.261 e. The van der Waals surface area contributed by atoms with Crippen molar-refractivity contribution in [1.29, 1.82) is 0 Å². The number of para-hydroxylation sites is 1. The van der Waals surface area contributed by atoms with E-state index in [-0.39, 0.29) is 23.9 Å². The maximum atomic E-state index is 12.3. The molecular formula is C15H20N4O2. The van der Waals surface area contributed by atoms with E-state index in [1.807, 2.05) is 13.0 Å². The zero-order chi connectivity index (χ0) is 15.4. The summed E-state index contributed by atoms with van der Waals surface area (Å²) in [6.45, 7) is 2.62. The molecule has 0 aliphatic heterocycles. The number of benzene rings is 1. The third kappa shape index (κ3) is 3.28. The van der Waals surface area contributed by atoms with Crippen LogP contribution in [0.4, 0.5) is 0 Å². The Balaban J connectivity index is 2.12. The van der Waals surface area contributed by atoms with E-state index in [4.69, 9.17) is 5.73 Å². The molecule has 0 saturated heterocycles. The molecule has 0 fully saturated rings. The van der Waals surface area contributed by atoms with Crippen molar-refractivity contribution in [3.05, 3.63) is 40.9 Å². The summed E-state index contributed by atoms with van der Waals surface area (Å²) in [5.74, 6) is -0.0343. The van der Waals surface area contributed by atoms with Crippen molar-refractivity contribution in [2.45, 2.75) is 25.9 Å². The quantitative estimate of drug-likeness (QED) is 0.873. The number of likely N-dealkylation sites (N-methyl/N-ethyl adjacent to an activating group) is 1. The van der Waals surface area contributed by atoms with Crippen molar-refractivity contribution >= 4 is 16.8 Å². The number of carbonyl (C=O) groups is 1. The molecule has 0 bridgehead atoms. The van der Waals surface area contributed by atoms with Crippen molar-refractivity contribution in [2.24, 2.45) is 5.73 Å². The number of hydrogen-bond donors (Lipinski definition) is 1. The van der Waals surface area contributed by atoms with Crippen LogP contribution in [0, 0.1) is 0 Å². The second-order valence-corrected chi connectivity index (χ2v) is 5.10. The lowest BCUT2D eigenvalue weighted by Gasteiger charge is -2.23. The highest BCUT2D eigenvalue weighted by molar-refractivity contribution is 5.77. The maximum absolute atomic E-state index is 12.3. The number of aromatic nitrogens is 2. The molecule has 1 unspecified atom stereocenters. The van der Waals surface area contributed by atoms with E-state index >= 15 is 0 Å². The Morgan fingerprint density at radius 3 is 2.86 bits per heavy atom. The third-order valence-corrected chi connectivity index (χ3v) is 3.69. The van der Waals surface area contributed by atoms with E-state index in [9.17, 15) is 9.59 Å². The highest BCUT2D eigenvalue weighted by Gasteiger charge is 2.14. The van der Waals surface area contributed by atoms with Crippen LogP contribution < -0.4 is 11.3 Å². The number of rotatable bonds is 5. The Bertz CT molecular complexity index is 695. The highest BCUT2D eigenvalue weighted by atomic mass is 16.2. The number of carbonyl (C=O) groups excluding carboxylic acids is 1. The van der Waals surface area contributed by atoms with Gasteiger partial charge in [-0.25, -0.2) is 4.98 Å². The summed E-state index contributed by atoms with van der Waals surface area (Å²) in [5.41, 5.74) is 6.09. The van der Waals surface area contributed by atoms with Crippen LogP contribution in [0.15, 0.2) is 35.4 Å². The average Bonchev–Trinajstić information content (AvgIpc) is 2.52. The van der Waals surface area contributed by atoms with Crippen molar-refractivity contribution in [3.63, 3.8) is 0 Å². The number of aryl methyl sites for hydroxylation is 1. The van der Waals surface area contributed by atoms with E-state index in [0.717, 1.165) is 0 Å². The first kappa shape index (κ1) is 15.2. The summed E-state index contributed by atoms with van der Waals surface area (Å²) in [6, 6.07) is 7.17. The molecule has 0 aliphatic rings. The molecule has 21 heavy (non-hydrogen) atoms. The molecule has 1 aromatic carbocycles. The zero-order valence-corrected chi connectivity index (χ0v) is 12.3. The van der Waals surface area contributed by atoms with Gasteiger partial charge in [0, 0.05) is 32.6 Å². The van der Waals surface area contributed by atoms with Crippen LogP contribution in [0.3, 0.4) is 0 Å². The van der Waals surface area contributed by atoms with Gasteiger partial charge in [-0.05, 0) is 19.1 Å². The Hall–Kier alpha value is -2.21. The van der Waals surface area contributed by atoms with Crippen LogP contribution in [0.1, 0.15) is 13.3 Å². The lowest BCUT2D eigenvalue weighted by atomic mass is 10.2. The van der Waals surface area contributed by atoms with Crippen LogP contribution in [0.25, 0.3) is 10.9 Å². The van der Waals surface area contributed by atoms with Gasteiger partial charge in [0.25, 0.3) is 5.56 Å². The Kier molecular flexibility index (Phi) is 4.70. The van der Waals surface area contributed by atoms with Gasteiger partial charge in [-0.15, -0.1) is 0 Å². The topological polar surface area (TPSA) is 81.2 Å². The molecule has 112 valence electrons. The van der Waals surface area contributed by atoms with Crippen LogP contribution >= 0.6 is 0 Å². The standard InChI is InChI=1S/C15H20N4O2/c1-11(9-16)18(2)14(20)7-8-19-10-17-13-6-4-3-5-12(13)15(19)21/h3-6,10-11H,7-9,16H2,1-2H3. The fourth-order valence-corrected chi connectivity index (χ4v) is 2.06. The van der Waals surface area contributed by atoms with Crippen LogP contribution in [-0.2, 0) is 11.3 Å². The minimum Gasteiger partial charge on any atom is -0.342 e. The molecule has 1 atom stereocenters. The molecule has 1 amide bonds. The van der Waals surface area contributed by atoms with Crippen LogP contribution in [-0.4, -0.2) is 40.0 Å². The maximum Gasteiger partial charge on any atom is 0.261 e. The molecule has 0 spiro atoms. The van der Waals surface area contributed by atoms with Gasteiger partial charge in [-0.1, -0.05) is 12.1 Å². The molecule has 1 heterocycles. The van der Waals surface area contributed by atoms with Gasteiger partial charge in [0.1, 0.15) is 0 Å². The lowest BCUT2D eigenvalue weighted by molar-refractivity contribution is -0.131. The fourth-order valence-electron chi connectivity index (χ4n) is 2.06. The predicted molar refractivity (Wildman–Crippen MR) is 81.9 cm³/mol. The van der Waals surface area contributed by atoms with E-state index in [1.165, 1.54) is 10.9 Å². The summed E-state index contributed by atoms with van der Waals surface area (Å²) in [4.78, 5) is 30.1. The molecule has 2 rings (SSSR count). The average molecular weight is 288 g/mol. The SMILES string of the molecule is CC(CN)N(C)C(=O)CCn1cnc2ccccc2c1=O. The van der Waals surface area contributed by atoms with Crippen molar-refractivity contribution < 1.29 is 4.79 Å². The number of nitrogens with two attached hydrogens (primary N) is 1. The van der Waals surface area contributed by atoms with E-state index in [0.29, 0.717) is 24.0 Å². The number of hydrogen-bond acceptors (Lipinski definition) is 4. The summed E-state index contributed by atoms with van der Waals surface area (Å²) in [7, 11) is 1.72. The molecule has 2 aromatic rings. The minimum atomic E-state index is -0.122. The monoisotopic (exact) mass is 288 g/mol. The summed E-state index contributed by atoms with van der Waals surface area (Å²) in [6.07, 6.45) is 1.74. The van der Waals surface area contributed by atoms with Crippen molar-refractivity contribution in [3.8, 4) is 0 Å². The second kappa shape index (κ2) is 6.49. The fraction of sp³-hybridized carbons (Fsp3) is 0.400. The minimum absolute atomic E-state index is 0.0102. The van der Waals surface area contributed by atoms with Gasteiger partial charge in [0.2, 0.25) is 5.91 Å². The normalized spacial score (nSPS) is 12.3. The second-order valence-electron chi connectivity index (χ2n) is 5.10. The van der Waals surface area contributed by atoms with Gasteiger partial charge >= 0.3 is 0 Å². The van der Waals surface area contributed by atoms with Gasteiger partial charge in [0.15, 0.2) is 0 Å². The summed E-state index contributed by atoms with van der Waals surface area (Å²) < 4.78 is 1.47. The van der Waals surface area contributed by atoms with Gasteiger partial charge in [0.05, 0.1) is 17.2 Å². The molecule has 0 saturated carbocycles. The predicted octanol–water partition coefficient (Wildman–Crippen LogP) is 0.592. The van der Waals surface area contributed by atoms with E-state index in [2.05, 4.69) is 4.98 Å². The van der Waals surface area contributed by atoms with Gasteiger partial charge in [-0.3, -0.25) is 14.2 Å². The molecule has 2 N–H and O–H groups in total. The Morgan fingerprint density at radius 2 is 2.14 bits per heavy atom. The van der Waals surface area contributed by atoms with E-state index in [1.54, 1.807) is 30.1 Å². The lowest BCUT2D eigenvalue weighted by Crippen LogP contribution is -2.40. The first-order chi connectivity index (χ1) is 10.0. The van der Waals surface area contributed by atoms with Crippen molar-refractivity contribution in [1.82, 2.24) is 14.5 Å². The largest absolute Gasteiger partial charge is 0.342 e. The third-order valence-electron chi connectivity index (χ3n) is 3.69. The van der Waals surface area contributed by atoms with E-state index < -0.39 is 0 Å². The Morgan fingerprint density at radius 1 is 1.43 bits per heavy atom. The molecule has 6 nitrogen and oxygen atoms in total. The van der Waals surface area contributed by atoms with Gasteiger partial charge in [-0.2, -0.15) is 0 Å². The number of nitrogens with zero attached hydrogens (tertiary/aromatic N) is 3. The molecule has 6 heteroatoms. The van der Waals surface area contributed by atoms with Gasteiger partial charge < -0.3 is 10.6 Å². The highest BCUT2D eigenvalue weighted by Crippen LogP contribution is 2.05. The first-order valence-electron chi connectivity index (χ1n) is 6.94. The molecular weight excluding hydrogens is 268 g/mol. The first-order valence-corrected chi connectivity index (χ1v) is 6.94. The molecule has 1 aromatic heterocycles. The number of amides is 1. The zero-order valence-electron chi connectivity index (χ0n) is 12.3. The molecule has 0 radical (unpaired) electrons.